The largest absolute Gasteiger partial charge is 0.454 e. The molecule has 0 saturated heterocycles. The van der Waals surface area contributed by atoms with Crippen LogP contribution in [0.5, 0.6) is 11.5 Å². The first-order chi connectivity index (χ1) is 9.74. The van der Waals surface area contributed by atoms with Crippen LogP contribution in [-0.2, 0) is 5.54 Å². The molecule has 1 aliphatic carbocycles. The van der Waals surface area contributed by atoms with Crippen molar-refractivity contribution in [2.45, 2.75) is 31.2 Å². The molecule has 1 aliphatic heterocycles. The summed E-state index contributed by atoms with van der Waals surface area (Å²) in [4.78, 5) is 4.46. The average Bonchev–Trinajstić information content (AvgIpc) is 3.18. The van der Waals surface area contributed by atoms with Crippen molar-refractivity contribution in [2.24, 2.45) is 5.73 Å². The van der Waals surface area contributed by atoms with Gasteiger partial charge in [0.25, 0.3) is 5.89 Å². The Bertz CT molecular complexity index is 653. The number of rotatable bonds is 2. The highest BCUT2D eigenvalue weighted by Gasteiger charge is 2.36. The fourth-order valence-electron chi connectivity index (χ4n) is 2.80. The Morgan fingerprint density at radius 2 is 1.86 bits per heavy atom. The molecule has 112 valence electrons. The number of fused-ring (bicyclic) bond motifs is 1. The first-order valence-electron chi connectivity index (χ1n) is 6.78. The standard InChI is InChI=1S/C14H15N3O3.ClH/c15-14(5-1-2-6-14)13-16-12(20-17-13)9-3-4-10-11(7-9)19-8-18-10;/h3-4,7H,1-2,5-6,8,15H2;1H. The zero-order valence-corrected chi connectivity index (χ0v) is 12.2. The lowest BCUT2D eigenvalue weighted by Crippen LogP contribution is -2.34. The number of benzene rings is 1. The molecule has 6 nitrogen and oxygen atoms in total. The van der Waals surface area contributed by atoms with Crippen LogP contribution in [0.15, 0.2) is 22.7 Å². The van der Waals surface area contributed by atoms with Crippen molar-refractivity contribution in [3.8, 4) is 23.0 Å². The Balaban J connectivity index is 0.00000132. The fourth-order valence-corrected chi connectivity index (χ4v) is 2.80. The van der Waals surface area contributed by atoms with Crippen LogP contribution in [0.25, 0.3) is 11.5 Å². The summed E-state index contributed by atoms with van der Waals surface area (Å²) in [6.45, 7) is 0.250. The molecule has 21 heavy (non-hydrogen) atoms. The second-order valence-corrected chi connectivity index (χ2v) is 5.35. The molecule has 0 spiro atoms. The molecule has 1 aromatic carbocycles. The molecule has 2 N–H and O–H groups in total. The summed E-state index contributed by atoms with van der Waals surface area (Å²) in [5.74, 6) is 2.50. The van der Waals surface area contributed by atoms with E-state index in [9.17, 15) is 0 Å². The van der Waals surface area contributed by atoms with E-state index in [0.29, 0.717) is 17.5 Å². The highest BCUT2D eigenvalue weighted by molar-refractivity contribution is 5.85. The Kier molecular flexibility index (Phi) is 3.51. The predicted molar refractivity (Wildman–Crippen MR) is 77.4 cm³/mol. The molecule has 2 aromatic rings. The lowest BCUT2D eigenvalue weighted by atomic mass is 9.99. The minimum absolute atomic E-state index is 0. The second-order valence-electron chi connectivity index (χ2n) is 5.35. The summed E-state index contributed by atoms with van der Waals surface area (Å²) < 4.78 is 16.0. The quantitative estimate of drug-likeness (QED) is 0.918. The van der Waals surface area contributed by atoms with Crippen molar-refractivity contribution in [1.29, 1.82) is 0 Å². The van der Waals surface area contributed by atoms with Crippen LogP contribution in [0.1, 0.15) is 31.5 Å². The number of nitrogens with zero attached hydrogens (tertiary/aromatic N) is 2. The molecule has 0 atom stereocenters. The number of hydrogen-bond acceptors (Lipinski definition) is 6. The van der Waals surface area contributed by atoms with Gasteiger partial charge in [-0.25, -0.2) is 0 Å². The van der Waals surface area contributed by atoms with Gasteiger partial charge in [0.1, 0.15) is 0 Å². The van der Waals surface area contributed by atoms with Gasteiger partial charge in [0, 0.05) is 5.56 Å². The van der Waals surface area contributed by atoms with Gasteiger partial charge < -0.3 is 19.7 Å². The van der Waals surface area contributed by atoms with E-state index in [1.54, 1.807) is 0 Å². The summed E-state index contributed by atoms with van der Waals surface area (Å²) in [6.07, 6.45) is 4.05. The molecule has 1 saturated carbocycles. The summed E-state index contributed by atoms with van der Waals surface area (Å²) >= 11 is 0. The lowest BCUT2D eigenvalue weighted by molar-refractivity contribution is 0.174. The zero-order chi connectivity index (χ0) is 13.6. The maximum atomic E-state index is 6.33. The van der Waals surface area contributed by atoms with Gasteiger partial charge in [-0.3, -0.25) is 0 Å². The molecule has 7 heteroatoms. The predicted octanol–water partition coefficient (Wildman–Crippen LogP) is 2.62. The van der Waals surface area contributed by atoms with Gasteiger partial charge in [-0.1, -0.05) is 18.0 Å². The van der Waals surface area contributed by atoms with Gasteiger partial charge in [0.15, 0.2) is 17.3 Å². The third kappa shape index (κ3) is 2.34. The van der Waals surface area contributed by atoms with Gasteiger partial charge in [-0.2, -0.15) is 4.98 Å². The van der Waals surface area contributed by atoms with Gasteiger partial charge in [-0.15, -0.1) is 12.4 Å². The first kappa shape index (κ1) is 14.2. The fraction of sp³-hybridized carbons (Fsp3) is 0.429. The van der Waals surface area contributed by atoms with E-state index in [4.69, 9.17) is 19.7 Å². The summed E-state index contributed by atoms with van der Waals surface area (Å²) in [5.41, 5.74) is 6.71. The van der Waals surface area contributed by atoms with Crippen LogP contribution in [0.2, 0.25) is 0 Å². The SMILES string of the molecule is Cl.NC1(c2noc(-c3ccc4c(c3)OCO4)n2)CCCC1. The summed E-state index contributed by atoms with van der Waals surface area (Å²) in [6, 6.07) is 5.56. The summed E-state index contributed by atoms with van der Waals surface area (Å²) in [7, 11) is 0. The highest BCUT2D eigenvalue weighted by atomic mass is 35.5. The molecule has 0 amide bonds. The molecule has 1 fully saturated rings. The molecular formula is C14H16ClN3O3. The van der Waals surface area contributed by atoms with Crippen LogP contribution in [0.4, 0.5) is 0 Å². The van der Waals surface area contributed by atoms with Gasteiger partial charge in [-0.05, 0) is 31.0 Å². The van der Waals surface area contributed by atoms with E-state index in [0.717, 1.165) is 37.0 Å². The van der Waals surface area contributed by atoms with E-state index < -0.39 is 5.54 Å². The molecule has 1 aromatic heterocycles. The van der Waals surface area contributed by atoms with Gasteiger partial charge >= 0.3 is 0 Å². The first-order valence-corrected chi connectivity index (χ1v) is 6.78. The van der Waals surface area contributed by atoms with Crippen LogP contribution in [0, 0.1) is 0 Å². The molecule has 2 aliphatic rings. The molecule has 0 unspecified atom stereocenters. The van der Waals surface area contributed by atoms with Crippen LogP contribution >= 0.6 is 12.4 Å². The van der Waals surface area contributed by atoms with Crippen molar-refractivity contribution in [3.05, 3.63) is 24.0 Å². The normalized spacial score (nSPS) is 18.5. The van der Waals surface area contributed by atoms with Crippen molar-refractivity contribution in [2.75, 3.05) is 6.79 Å². The summed E-state index contributed by atoms with van der Waals surface area (Å²) in [5, 5.41) is 4.06. The Morgan fingerprint density at radius 3 is 2.67 bits per heavy atom. The van der Waals surface area contributed by atoms with E-state index >= 15 is 0 Å². The van der Waals surface area contributed by atoms with Crippen molar-refractivity contribution in [3.63, 3.8) is 0 Å². The second kappa shape index (κ2) is 5.20. The number of nitrogens with two attached hydrogens (primary N) is 1. The van der Waals surface area contributed by atoms with Crippen molar-refractivity contribution < 1.29 is 14.0 Å². The monoisotopic (exact) mass is 309 g/mol. The van der Waals surface area contributed by atoms with Crippen molar-refractivity contribution >= 4 is 12.4 Å². The maximum Gasteiger partial charge on any atom is 0.258 e. The maximum absolute atomic E-state index is 6.33. The van der Waals surface area contributed by atoms with E-state index in [1.807, 2.05) is 18.2 Å². The number of halogens is 1. The Labute approximate surface area is 128 Å². The van der Waals surface area contributed by atoms with Crippen LogP contribution < -0.4 is 15.2 Å². The number of ether oxygens (including phenoxy) is 2. The topological polar surface area (TPSA) is 83.4 Å². The van der Waals surface area contributed by atoms with E-state index in [1.165, 1.54) is 0 Å². The van der Waals surface area contributed by atoms with Gasteiger partial charge in [0.2, 0.25) is 6.79 Å². The molecular weight excluding hydrogens is 294 g/mol. The Morgan fingerprint density at radius 1 is 1.10 bits per heavy atom. The highest BCUT2D eigenvalue weighted by Crippen LogP contribution is 2.38. The average molecular weight is 310 g/mol. The molecule has 4 rings (SSSR count). The zero-order valence-electron chi connectivity index (χ0n) is 11.4. The van der Waals surface area contributed by atoms with Crippen molar-refractivity contribution in [1.82, 2.24) is 10.1 Å². The Hall–Kier alpha value is -1.79. The number of aromatic nitrogens is 2. The van der Waals surface area contributed by atoms with E-state index in [-0.39, 0.29) is 19.2 Å². The van der Waals surface area contributed by atoms with Crippen LogP contribution in [0.3, 0.4) is 0 Å². The molecule has 0 bridgehead atoms. The smallest absolute Gasteiger partial charge is 0.258 e. The lowest BCUT2D eigenvalue weighted by Gasteiger charge is -2.17. The number of hydrogen-bond donors (Lipinski definition) is 1. The third-order valence-electron chi connectivity index (χ3n) is 3.99. The van der Waals surface area contributed by atoms with Gasteiger partial charge in [0.05, 0.1) is 5.54 Å². The molecule has 0 radical (unpaired) electrons. The van der Waals surface area contributed by atoms with E-state index in [2.05, 4.69) is 10.1 Å². The van der Waals surface area contributed by atoms with Crippen LogP contribution in [-0.4, -0.2) is 16.9 Å². The molecule has 2 heterocycles. The minimum atomic E-state index is -0.432. The third-order valence-corrected chi connectivity index (χ3v) is 3.99. The minimum Gasteiger partial charge on any atom is -0.454 e.